The molecule has 0 spiro atoms. The van der Waals surface area contributed by atoms with Gasteiger partial charge in [-0.1, -0.05) is 23.2 Å². The maximum absolute atomic E-state index is 5.97. The molecule has 0 fully saturated rings. The number of pyridine rings is 1. The number of halogens is 2. The molecule has 0 radical (unpaired) electrons. The van der Waals surface area contributed by atoms with Gasteiger partial charge >= 0.3 is 0 Å². The summed E-state index contributed by atoms with van der Waals surface area (Å²) < 4.78 is 0.831. The maximum Gasteiger partial charge on any atom is 0.0931 e. The lowest BCUT2D eigenvalue weighted by atomic mass is 10.3. The second-order valence-corrected chi connectivity index (χ2v) is 5.44. The highest BCUT2D eigenvalue weighted by Crippen LogP contribution is 2.22. The molecule has 0 aliphatic heterocycles. The van der Waals surface area contributed by atoms with Gasteiger partial charge in [0.15, 0.2) is 0 Å². The Morgan fingerprint density at radius 1 is 1.25 bits per heavy atom. The smallest absolute Gasteiger partial charge is 0.0931 e. The van der Waals surface area contributed by atoms with Crippen molar-refractivity contribution < 1.29 is 0 Å². The highest BCUT2D eigenvalue weighted by Gasteiger charge is 2.00. The molecule has 5 heteroatoms. The fraction of sp³-hybridized carbons (Fsp3) is 0.182. The van der Waals surface area contributed by atoms with Gasteiger partial charge in [0.2, 0.25) is 0 Å². The monoisotopic (exact) mass is 272 g/mol. The summed E-state index contributed by atoms with van der Waals surface area (Å²) in [6.45, 7) is 0.834. The third-order valence-electron chi connectivity index (χ3n) is 2.09. The normalized spacial score (nSPS) is 10.4. The molecule has 0 saturated carbocycles. The zero-order valence-corrected chi connectivity index (χ0v) is 10.7. The van der Waals surface area contributed by atoms with Crippen LogP contribution in [0.25, 0.3) is 0 Å². The molecule has 2 aromatic rings. The van der Waals surface area contributed by atoms with Gasteiger partial charge in [-0.15, -0.1) is 11.3 Å². The molecule has 0 aromatic carbocycles. The summed E-state index contributed by atoms with van der Waals surface area (Å²) in [5.74, 6) is 0. The van der Waals surface area contributed by atoms with E-state index < -0.39 is 0 Å². The van der Waals surface area contributed by atoms with Crippen molar-refractivity contribution in [2.75, 3.05) is 11.9 Å². The standard InChI is InChI=1S/C11H10Cl2N2S/c12-9-7-14-5-4-10(9)15-6-3-8-1-2-11(13)16-8/h1-2,4-5,7H,3,6H2,(H,14,15). The van der Waals surface area contributed by atoms with E-state index in [1.165, 1.54) is 4.88 Å². The molecular weight excluding hydrogens is 263 g/mol. The Hall–Kier alpha value is -0.770. The fourth-order valence-electron chi connectivity index (χ4n) is 1.33. The molecule has 16 heavy (non-hydrogen) atoms. The Kier molecular flexibility index (Phi) is 4.04. The Morgan fingerprint density at radius 2 is 2.12 bits per heavy atom. The SMILES string of the molecule is Clc1ccc(CCNc2ccncc2Cl)s1. The first-order chi connectivity index (χ1) is 7.75. The molecule has 0 atom stereocenters. The molecule has 0 amide bonds. The summed E-state index contributed by atoms with van der Waals surface area (Å²) >= 11 is 13.4. The third-order valence-corrected chi connectivity index (χ3v) is 3.68. The van der Waals surface area contributed by atoms with Crippen LogP contribution in [0.4, 0.5) is 5.69 Å². The van der Waals surface area contributed by atoms with Gasteiger partial charge in [-0.25, -0.2) is 0 Å². The van der Waals surface area contributed by atoms with Gasteiger partial charge in [0, 0.05) is 23.8 Å². The summed E-state index contributed by atoms with van der Waals surface area (Å²) in [6.07, 6.45) is 4.29. The predicted octanol–water partition coefficient (Wildman–Crippen LogP) is 4.10. The van der Waals surface area contributed by atoms with Crippen molar-refractivity contribution in [3.8, 4) is 0 Å². The van der Waals surface area contributed by atoms with E-state index in [9.17, 15) is 0 Å². The van der Waals surface area contributed by atoms with E-state index in [0.717, 1.165) is 23.0 Å². The van der Waals surface area contributed by atoms with E-state index in [0.29, 0.717) is 5.02 Å². The molecule has 2 aromatic heterocycles. The predicted molar refractivity (Wildman–Crippen MR) is 70.8 cm³/mol. The Bertz CT molecular complexity index is 471. The van der Waals surface area contributed by atoms with Crippen LogP contribution in [0.1, 0.15) is 4.88 Å². The van der Waals surface area contributed by atoms with Crippen molar-refractivity contribution in [3.63, 3.8) is 0 Å². The Morgan fingerprint density at radius 3 is 2.81 bits per heavy atom. The van der Waals surface area contributed by atoms with E-state index >= 15 is 0 Å². The van der Waals surface area contributed by atoms with Crippen molar-refractivity contribution in [1.29, 1.82) is 0 Å². The van der Waals surface area contributed by atoms with Crippen LogP contribution in [-0.2, 0) is 6.42 Å². The van der Waals surface area contributed by atoms with Gasteiger partial charge in [-0.3, -0.25) is 4.98 Å². The van der Waals surface area contributed by atoms with Crippen LogP contribution in [0.3, 0.4) is 0 Å². The number of aromatic nitrogens is 1. The van der Waals surface area contributed by atoms with Crippen LogP contribution in [-0.4, -0.2) is 11.5 Å². The van der Waals surface area contributed by atoms with Crippen LogP contribution in [0.5, 0.6) is 0 Å². The Labute approximate surface area is 108 Å². The van der Waals surface area contributed by atoms with Gasteiger partial charge in [0.05, 0.1) is 15.0 Å². The fourth-order valence-corrected chi connectivity index (χ4v) is 2.60. The molecule has 0 unspecified atom stereocenters. The number of nitrogens with one attached hydrogen (secondary N) is 1. The number of hydrogen-bond acceptors (Lipinski definition) is 3. The average molecular weight is 273 g/mol. The zero-order valence-electron chi connectivity index (χ0n) is 8.41. The molecule has 0 aliphatic rings. The summed E-state index contributed by atoms with van der Waals surface area (Å²) in [6, 6.07) is 5.83. The van der Waals surface area contributed by atoms with Crippen molar-refractivity contribution in [2.45, 2.75) is 6.42 Å². The highest BCUT2D eigenvalue weighted by atomic mass is 35.5. The third kappa shape index (κ3) is 3.11. The van der Waals surface area contributed by atoms with Crippen molar-refractivity contribution >= 4 is 40.2 Å². The minimum absolute atomic E-state index is 0.645. The average Bonchev–Trinajstić information content (AvgIpc) is 2.67. The molecule has 0 bridgehead atoms. The highest BCUT2D eigenvalue weighted by molar-refractivity contribution is 7.16. The van der Waals surface area contributed by atoms with E-state index in [1.54, 1.807) is 23.7 Å². The first-order valence-corrected chi connectivity index (χ1v) is 6.40. The number of nitrogens with zero attached hydrogens (tertiary/aromatic N) is 1. The number of anilines is 1. The van der Waals surface area contributed by atoms with Gasteiger partial charge in [0.1, 0.15) is 0 Å². The first-order valence-electron chi connectivity index (χ1n) is 4.83. The van der Waals surface area contributed by atoms with Crippen LogP contribution in [0.15, 0.2) is 30.6 Å². The molecule has 2 rings (SSSR count). The molecule has 84 valence electrons. The number of hydrogen-bond donors (Lipinski definition) is 1. The maximum atomic E-state index is 5.97. The first kappa shape index (κ1) is 11.7. The summed E-state index contributed by atoms with van der Waals surface area (Å²) in [5.41, 5.74) is 0.916. The molecule has 2 nitrogen and oxygen atoms in total. The van der Waals surface area contributed by atoms with E-state index in [4.69, 9.17) is 23.2 Å². The van der Waals surface area contributed by atoms with E-state index in [-0.39, 0.29) is 0 Å². The lowest BCUT2D eigenvalue weighted by molar-refractivity contribution is 1.04. The summed E-state index contributed by atoms with van der Waals surface area (Å²) in [5, 5.41) is 3.91. The largest absolute Gasteiger partial charge is 0.383 e. The van der Waals surface area contributed by atoms with Gasteiger partial charge < -0.3 is 5.32 Å². The van der Waals surface area contributed by atoms with E-state index in [1.807, 2.05) is 18.2 Å². The van der Waals surface area contributed by atoms with Gasteiger partial charge in [0.25, 0.3) is 0 Å². The molecule has 1 N–H and O–H groups in total. The van der Waals surface area contributed by atoms with Gasteiger partial charge in [-0.05, 0) is 24.6 Å². The van der Waals surface area contributed by atoms with Crippen molar-refractivity contribution in [3.05, 3.63) is 44.8 Å². The second-order valence-electron chi connectivity index (χ2n) is 3.24. The molecular formula is C11H10Cl2N2S. The number of rotatable bonds is 4. The number of thiophene rings is 1. The minimum atomic E-state index is 0.645. The second kappa shape index (κ2) is 5.53. The Balaban J connectivity index is 1.87. The zero-order chi connectivity index (χ0) is 11.4. The molecule has 2 heterocycles. The van der Waals surface area contributed by atoms with Crippen LogP contribution in [0, 0.1) is 0 Å². The van der Waals surface area contributed by atoms with Crippen molar-refractivity contribution in [1.82, 2.24) is 4.98 Å². The summed E-state index contributed by atoms with van der Waals surface area (Å²) in [4.78, 5) is 5.19. The lowest BCUT2D eigenvalue weighted by Gasteiger charge is -2.06. The molecule has 0 aliphatic carbocycles. The van der Waals surface area contributed by atoms with Gasteiger partial charge in [-0.2, -0.15) is 0 Å². The minimum Gasteiger partial charge on any atom is -0.383 e. The van der Waals surface area contributed by atoms with E-state index in [2.05, 4.69) is 10.3 Å². The summed E-state index contributed by atoms with van der Waals surface area (Å²) in [7, 11) is 0. The van der Waals surface area contributed by atoms with Crippen molar-refractivity contribution in [2.24, 2.45) is 0 Å². The van der Waals surface area contributed by atoms with Crippen LogP contribution >= 0.6 is 34.5 Å². The quantitative estimate of drug-likeness (QED) is 0.907. The van der Waals surface area contributed by atoms with Crippen LogP contribution < -0.4 is 5.32 Å². The molecule has 0 saturated heterocycles. The van der Waals surface area contributed by atoms with Crippen LogP contribution in [0.2, 0.25) is 9.36 Å². The topological polar surface area (TPSA) is 24.9 Å². The lowest BCUT2D eigenvalue weighted by Crippen LogP contribution is -2.04.